The fourth-order valence-corrected chi connectivity index (χ4v) is 2.77. The first-order valence-corrected chi connectivity index (χ1v) is 8.42. The van der Waals surface area contributed by atoms with Crippen molar-refractivity contribution in [3.63, 3.8) is 0 Å². The van der Waals surface area contributed by atoms with Gasteiger partial charge >= 0.3 is 0 Å². The van der Waals surface area contributed by atoms with E-state index in [9.17, 15) is 10.1 Å². The number of pyridine rings is 1. The van der Waals surface area contributed by atoms with Crippen molar-refractivity contribution in [2.45, 2.75) is 0 Å². The number of methoxy groups -OCH3 is 1. The maximum atomic E-state index is 11.2. The second-order valence-corrected chi connectivity index (χ2v) is 5.94. The molecular formula is C20H15N5O3. The van der Waals surface area contributed by atoms with Crippen LogP contribution >= 0.6 is 0 Å². The molecule has 0 atom stereocenters. The summed E-state index contributed by atoms with van der Waals surface area (Å²) in [6.07, 6.45) is 3.32. The largest absolute Gasteiger partial charge is 0.497 e. The quantitative estimate of drug-likeness (QED) is 0.410. The van der Waals surface area contributed by atoms with Crippen LogP contribution in [-0.4, -0.2) is 27.0 Å². The number of benzene rings is 2. The molecule has 0 saturated carbocycles. The van der Waals surface area contributed by atoms with Gasteiger partial charge in [-0.15, -0.1) is 0 Å². The Labute approximate surface area is 160 Å². The number of anilines is 2. The van der Waals surface area contributed by atoms with Crippen molar-refractivity contribution in [1.82, 2.24) is 15.0 Å². The number of nitro groups is 1. The second-order valence-electron chi connectivity index (χ2n) is 5.94. The van der Waals surface area contributed by atoms with Crippen LogP contribution in [0.25, 0.3) is 22.3 Å². The molecule has 2 aromatic carbocycles. The van der Waals surface area contributed by atoms with E-state index < -0.39 is 4.92 Å². The molecule has 0 radical (unpaired) electrons. The zero-order valence-electron chi connectivity index (χ0n) is 14.9. The maximum Gasteiger partial charge on any atom is 0.270 e. The van der Waals surface area contributed by atoms with Crippen LogP contribution in [0.4, 0.5) is 17.2 Å². The van der Waals surface area contributed by atoms with Crippen molar-refractivity contribution in [2.24, 2.45) is 0 Å². The van der Waals surface area contributed by atoms with Gasteiger partial charge < -0.3 is 10.1 Å². The van der Waals surface area contributed by atoms with Gasteiger partial charge in [0.25, 0.3) is 5.69 Å². The Morgan fingerprint density at radius 1 is 1.00 bits per heavy atom. The molecule has 0 amide bonds. The van der Waals surface area contributed by atoms with Crippen molar-refractivity contribution >= 4 is 28.1 Å². The van der Waals surface area contributed by atoms with Crippen LogP contribution in [0, 0.1) is 10.1 Å². The van der Waals surface area contributed by atoms with Gasteiger partial charge in [-0.25, -0.2) is 9.97 Å². The van der Waals surface area contributed by atoms with Crippen molar-refractivity contribution in [3.8, 4) is 17.1 Å². The van der Waals surface area contributed by atoms with E-state index in [0.717, 1.165) is 17.0 Å². The van der Waals surface area contributed by atoms with Crippen LogP contribution in [-0.2, 0) is 0 Å². The molecule has 2 aromatic heterocycles. The van der Waals surface area contributed by atoms with Crippen molar-refractivity contribution in [1.29, 1.82) is 0 Å². The molecule has 1 N–H and O–H groups in total. The van der Waals surface area contributed by atoms with E-state index >= 15 is 0 Å². The second kappa shape index (κ2) is 7.28. The summed E-state index contributed by atoms with van der Waals surface area (Å²) in [6, 6.07) is 15.5. The number of nitrogens with zero attached hydrogens (tertiary/aromatic N) is 4. The van der Waals surface area contributed by atoms with Gasteiger partial charge in [-0.2, -0.15) is 0 Å². The van der Waals surface area contributed by atoms with E-state index in [1.165, 1.54) is 12.1 Å². The zero-order chi connectivity index (χ0) is 19.5. The first-order chi connectivity index (χ1) is 13.6. The lowest BCUT2D eigenvalue weighted by atomic mass is 10.1. The molecule has 8 heteroatoms. The molecular weight excluding hydrogens is 358 g/mol. The minimum atomic E-state index is -0.437. The van der Waals surface area contributed by atoms with Gasteiger partial charge in [0.2, 0.25) is 0 Å². The topological polar surface area (TPSA) is 103 Å². The van der Waals surface area contributed by atoms with Gasteiger partial charge in [0, 0.05) is 41.2 Å². The fraction of sp³-hybridized carbons (Fsp3) is 0.0500. The summed E-state index contributed by atoms with van der Waals surface area (Å²) in [7, 11) is 1.60. The highest BCUT2D eigenvalue weighted by molar-refractivity contribution is 5.93. The lowest BCUT2D eigenvalue weighted by molar-refractivity contribution is -0.384. The number of hydrogen-bond acceptors (Lipinski definition) is 7. The van der Waals surface area contributed by atoms with Crippen LogP contribution in [0.2, 0.25) is 0 Å². The molecule has 0 spiro atoms. The average molecular weight is 373 g/mol. The van der Waals surface area contributed by atoms with Gasteiger partial charge in [-0.3, -0.25) is 15.1 Å². The van der Waals surface area contributed by atoms with Crippen molar-refractivity contribution in [2.75, 3.05) is 12.4 Å². The van der Waals surface area contributed by atoms with Gasteiger partial charge in [0.1, 0.15) is 11.6 Å². The molecule has 0 unspecified atom stereocenters. The molecule has 4 aromatic rings. The molecule has 0 saturated heterocycles. The fourth-order valence-electron chi connectivity index (χ4n) is 2.77. The van der Waals surface area contributed by atoms with E-state index in [4.69, 9.17) is 4.74 Å². The molecule has 0 aliphatic heterocycles. The number of non-ortho nitro benzene ring substituents is 1. The number of nitrogens with one attached hydrogen (secondary N) is 1. The number of fused-ring (bicyclic) bond motifs is 1. The highest BCUT2D eigenvalue weighted by Gasteiger charge is 2.14. The molecule has 138 valence electrons. The third kappa shape index (κ3) is 3.43. The van der Waals surface area contributed by atoms with E-state index in [2.05, 4.69) is 20.3 Å². The predicted octanol–water partition coefficient (Wildman–Crippen LogP) is 4.35. The van der Waals surface area contributed by atoms with Crippen LogP contribution in [0.3, 0.4) is 0 Å². The normalized spacial score (nSPS) is 10.6. The first kappa shape index (κ1) is 17.3. The monoisotopic (exact) mass is 373 g/mol. The minimum absolute atomic E-state index is 0.0226. The molecule has 0 bridgehead atoms. The Bertz CT molecular complexity index is 1150. The van der Waals surface area contributed by atoms with E-state index in [0.29, 0.717) is 22.5 Å². The van der Waals surface area contributed by atoms with Gasteiger partial charge in [-0.05, 0) is 42.5 Å². The van der Waals surface area contributed by atoms with Gasteiger partial charge in [-0.1, -0.05) is 0 Å². The number of aromatic nitrogens is 3. The van der Waals surface area contributed by atoms with Crippen LogP contribution < -0.4 is 10.1 Å². The number of ether oxygens (including phenoxy) is 1. The molecule has 4 rings (SSSR count). The predicted molar refractivity (Wildman–Crippen MR) is 106 cm³/mol. The molecule has 8 nitrogen and oxygen atoms in total. The smallest absolute Gasteiger partial charge is 0.270 e. The first-order valence-electron chi connectivity index (χ1n) is 8.42. The highest BCUT2D eigenvalue weighted by Crippen LogP contribution is 2.30. The summed E-state index contributed by atoms with van der Waals surface area (Å²) < 4.78 is 5.17. The maximum absolute atomic E-state index is 11.2. The van der Waals surface area contributed by atoms with Crippen LogP contribution in [0.1, 0.15) is 0 Å². The average Bonchev–Trinajstić information content (AvgIpc) is 2.74. The summed E-state index contributed by atoms with van der Waals surface area (Å²) in [6.45, 7) is 0. The lowest BCUT2D eigenvalue weighted by Gasteiger charge is -2.11. The number of rotatable bonds is 5. The minimum Gasteiger partial charge on any atom is -0.497 e. The molecule has 28 heavy (non-hydrogen) atoms. The molecule has 2 heterocycles. The third-order valence-electron chi connectivity index (χ3n) is 4.18. The Hall–Kier alpha value is -4.07. The Morgan fingerprint density at radius 2 is 1.75 bits per heavy atom. The van der Waals surface area contributed by atoms with E-state index in [-0.39, 0.29) is 5.69 Å². The van der Waals surface area contributed by atoms with Gasteiger partial charge in [0.05, 0.1) is 17.5 Å². The third-order valence-corrected chi connectivity index (χ3v) is 4.18. The molecule has 0 aliphatic rings. The number of hydrogen-bond donors (Lipinski definition) is 1. The lowest BCUT2D eigenvalue weighted by Crippen LogP contribution is -2.00. The standard InChI is InChI=1S/C20H15N5O3/c1-28-16-5-2-14(3-6-16)22-20-17-12-15(25(26)27)4-7-18(17)23-19(24-20)13-8-10-21-11-9-13/h2-12H,1H3,(H,22,23,24). The summed E-state index contributed by atoms with van der Waals surface area (Å²) >= 11 is 0. The summed E-state index contributed by atoms with van der Waals surface area (Å²) in [5, 5.41) is 15.0. The van der Waals surface area contributed by atoms with Crippen LogP contribution in [0.5, 0.6) is 5.75 Å². The van der Waals surface area contributed by atoms with Gasteiger partial charge in [0.15, 0.2) is 5.82 Å². The summed E-state index contributed by atoms with van der Waals surface area (Å²) in [4.78, 5) is 23.9. The molecule has 0 aliphatic carbocycles. The van der Waals surface area contributed by atoms with E-state index in [1.807, 2.05) is 36.4 Å². The zero-order valence-corrected chi connectivity index (χ0v) is 14.9. The SMILES string of the molecule is COc1ccc(Nc2nc(-c3ccncc3)nc3ccc([N+](=O)[O-])cc23)cc1. The van der Waals surface area contributed by atoms with Crippen LogP contribution in [0.15, 0.2) is 67.0 Å². The van der Waals surface area contributed by atoms with Crippen molar-refractivity contribution < 1.29 is 9.66 Å². The van der Waals surface area contributed by atoms with Crippen molar-refractivity contribution in [3.05, 3.63) is 77.1 Å². The molecule has 0 fully saturated rings. The van der Waals surface area contributed by atoms with E-state index in [1.54, 1.807) is 25.6 Å². The Kier molecular flexibility index (Phi) is 4.51. The Morgan fingerprint density at radius 3 is 2.43 bits per heavy atom. The summed E-state index contributed by atoms with van der Waals surface area (Å²) in [5.41, 5.74) is 2.15. The number of nitro benzene ring substituents is 1. The highest BCUT2D eigenvalue weighted by atomic mass is 16.6. The Balaban J connectivity index is 1.86. The summed E-state index contributed by atoms with van der Waals surface area (Å²) in [5.74, 6) is 1.71.